The molecule has 30 heavy (non-hydrogen) atoms. The molecule has 0 amide bonds. The second-order valence-electron chi connectivity index (χ2n) is 14.9. The molecule has 2 unspecified atom stereocenters. The highest BCUT2D eigenvalue weighted by Gasteiger charge is 2.61. The van der Waals surface area contributed by atoms with Crippen molar-refractivity contribution < 1.29 is 0 Å². The molecule has 0 aromatic heterocycles. The van der Waals surface area contributed by atoms with Crippen molar-refractivity contribution in [3.63, 3.8) is 0 Å². The van der Waals surface area contributed by atoms with Crippen LogP contribution in [-0.2, 0) is 0 Å². The first-order valence-corrected chi connectivity index (χ1v) is 13.6. The van der Waals surface area contributed by atoms with Crippen molar-refractivity contribution in [3.05, 3.63) is 11.6 Å². The predicted molar refractivity (Wildman–Crippen MR) is 129 cm³/mol. The fourth-order valence-electron chi connectivity index (χ4n) is 11.2. The Morgan fingerprint density at radius 1 is 0.633 bits per heavy atom. The van der Waals surface area contributed by atoms with E-state index in [4.69, 9.17) is 0 Å². The Morgan fingerprint density at radius 2 is 1.27 bits per heavy atom. The maximum absolute atomic E-state index is 2.79. The van der Waals surface area contributed by atoms with Crippen LogP contribution in [0.15, 0.2) is 11.6 Å². The van der Waals surface area contributed by atoms with Crippen LogP contribution < -0.4 is 0 Å². The summed E-state index contributed by atoms with van der Waals surface area (Å²) >= 11 is 0. The zero-order chi connectivity index (χ0) is 21.6. The van der Waals surface area contributed by atoms with Crippen LogP contribution in [0.2, 0.25) is 0 Å². The van der Waals surface area contributed by atoms with Crippen molar-refractivity contribution in [1.29, 1.82) is 0 Å². The van der Waals surface area contributed by atoms with Crippen molar-refractivity contribution in [3.8, 4) is 0 Å². The molecular formula is C30H50. The van der Waals surface area contributed by atoms with Crippen LogP contribution in [0, 0.1) is 50.7 Å². The quantitative estimate of drug-likeness (QED) is 0.349. The third kappa shape index (κ3) is 2.90. The van der Waals surface area contributed by atoms with E-state index in [1.54, 1.807) is 0 Å². The Bertz CT molecular complexity index is 724. The largest absolute Gasteiger partial charge is 0.0847 e. The number of hydrogen-bond donors (Lipinski definition) is 0. The van der Waals surface area contributed by atoms with E-state index in [1.165, 1.54) is 77.0 Å². The van der Waals surface area contributed by atoms with Gasteiger partial charge in [0.15, 0.2) is 0 Å². The standard InChI is InChI=1S/C30H50/c1-26(2)15-8-17-29(6)22-11-13-25-28(5,20-21(22)10-12-23(26)29)19-14-24-27(3,4)16-9-18-30(24,25)7/h10,22-25H,8-9,11-20H2,1-7H3/t22-,23-,24?,25?,28-,29+,30-/m0/s1. The summed E-state index contributed by atoms with van der Waals surface area (Å²) < 4.78 is 0. The van der Waals surface area contributed by atoms with Gasteiger partial charge in [0.1, 0.15) is 0 Å². The molecule has 0 heteroatoms. The van der Waals surface area contributed by atoms with Gasteiger partial charge in [0, 0.05) is 0 Å². The molecule has 7 atom stereocenters. The van der Waals surface area contributed by atoms with Gasteiger partial charge >= 0.3 is 0 Å². The molecule has 5 aliphatic rings. The van der Waals surface area contributed by atoms with Crippen LogP contribution in [0.5, 0.6) is 0 Å². The zero-order valence-electron chi connectivity index (χ0n) is 21.4. The molecule has 4 saturated carbocycles. The van der Waals surface area contributed by atoms with Gasteiger partial charge < -0.3 is 0 Å². The molecule has 0 aliphatic heterocycles. The number of allylic oxidation sites excluding steroid dienone is 2. The van der Waals surface area contributed by atoms with E-state index in [1.807, 2.05) is 5.57 Å². The van der Waals surface area contributed by atoms with E-state index in [-0.39, 0.29) is 0 Å². The molecule has 0 radical (unpaired) electrons. The Labute approximate surface area is 188 Å². The second kappa shape index (κ2) is 6.63. The van der Waals surface area contributed by atoms with Gasteiger partial charge in [-0.25, -0.2) is 0 Å². The van der Waals surface area contributed by atoms with Crippen LogP contribution in [0.3, 0.4) is 0 Å². The SMILES string of the molecule is CC1(C)CCC[C@@]2(C)C1CC[C@@]1(C)CC3=CC[C@H]4C(C)(C)CCC[C@]4(C)[C@H]3CCC12. The minimum Gasteiger partial charge on any atom is -0.0847 e. The first-order chi connectivity index (χ1) is 13.9. The van der Waals surface area contributed by atoms with Crippen molar-refractivity contribution in [1.82, 2.24) is 0 Å². The van der Waals surface area contributed by atoms with Crippen LogP contribution in [0.1, 0.15) is 126 Å². The van der Waals surface area contributed by atoms with E-state index >= 15 is 0 Å². The average molecular weight is 411 g/mol. The van der Waals surface area contributed by atoms with Crippen molar-refractivity contribution in [2.75, 3.05) is 0 Å². The van der Waals surface area contributed by atoms with E-state index in [2.05, 4.69) is 54.5 Å². The van der Waals surface area contributed by atoms with E-state index in [0.29, 0.717) is 27.1 Å². The summed E-state index contributed by atoms with van der Waals surface area (Å²) in [5.41, 5.74) is 4.68. The lowest BCUT2D eigenvalue weighted by atomic mass is 9.42. The third-order valence-electron chi connectivity index (χ3n) is 12.4. The van der Waals surface area contributed by atoms with Gasteiger partial charge in [-0.05, 0) is 115 Å². The minimum absolute atomic E-state index is 0.530. The summed E-state index contributed by atoms with van der Waals surface area (Å²) in [5, 5.41) is 0. The zero-order valence-corrected chi connectivity index (χ0v) is 21.4. The van der Waals surface area contributed by atoms with Crippen LogP contribution in [-0.4, -0.2) is 0 Å². The van der Waals surface area contributed by atoms with Gasteiger partial charge in [-0.2, -0.15) is 0 Å². The summed E-state index contributed by atoms with van der Waals surface area (Å²) in [6.45, 7) is 18.6. The van der Waals surface area contributed by atoms with Crippen molar-refractivity contribution >= 4 is 0 Å². The Balaban J connectivity index is 1.51. The highest BCUT2D eigenvalue weighted by Crippen LogP contribution is 2.70. The van der Waals surface area contributed by atoms with Crippen LogP contribution >= 0.6 is 0 Å². The van der Waals surface area contributed by atoms with Gasteiger partial charge in [-0.1, -0.05) is 73.0 Å². The van der Waals surface area contributed by atoms with Crippen molar-refractivity contribution in [2.45, 2.75) is 126 Å². The van der Waals surface area contributed by atoms with E-state index in [9.17, 15) is 0 Å². The highest BCUT2D eigenvalue weighted by atomic mass is 14.7. The number of fused-ring (bicyclic) bond motifs is 6. The summed E-state index contributed by atoms with van der Waals surface area (Å²) in [6.07, 6.45) is 20.3. The fourth-order valence-corrected chi connectivity index (χ4v) is 11.2. The van der Waals surface area contributed by atoms with Crippen LogP contribution in [0.25, 0.3) is 0 Å². The normalized spacial score (nSPS) is 52.0. The summed E-state index contributed by atoms with van der Waals surface area (Å²) in [7, 11) is 0. The second-order valence-corrected chi connectivity index (χ2v) is 14.9. The first kappa shape index (κ1) is 21.6. The molecule has 0 N–H and O–H groups in total. The monoisotopic (exact) mass is 410 g/mol. The molecule has 0 spiro atoms. The van der Waals surface area contributed by atoms with Gasteiger partial charge in [0.25, 0.3) is 0 Å². The number of rotatable bonds is 0. The lowest BCUT2D eigenvalue weighted by Gasteiger charge is -2.62. The predicted octanol–water partition coefficient (Wildman–Crippen LogP) is 9.20. The van der Waals surface area contributed by atoms with Gasteiger partial charge in [-0.15, -0.1) is 0 Å². The third-order valence-corrected chi connectivity index (χ3v) is 12.4. The lowest BCUT2D eigenvalue weighted by molar-refractivity contribution is -0.129. The molecular weight excluding hydrogens is 360 g/mol. The summed E-state index contributed by atoms with van der Waals surface area (Å²) in [5.74, 6) is 3.66. The summed E-state index contributed by atoms with van der Waals surface area (Å²) in [4.78, 5) is 0. The molecule has 0 heterocycles. The number of hydrogen-bond acceptors (Lipinski definition) is 0. The van der Waals surface area contributed by atoms with Crippen LogP contribution in [0.4, 0.5) is 0 Å². The van der Waals surface area contributed by atoms with E-state index in [0.717, 1.165) is 23.7 Å². The molecule has 4 fully saturated rings. The van der Waals surface area contributed by atoms with Gasteiger partial charge in [0.2, 0.25) is 0 Å². The van der Waals surface area contributed by atoms with Gasteiger partial charge in [-0.3, -0.25) is 0 Å². The Morgan fingerprint density at radius 3 is 1.97 bits per heavy atom. The maximum Gasteiger partial charge on any atom is -0.0146 e. The van der Waals surface area contributed by atoms with Crippen molar-refractivity contribution in [2.24, 2.45) is 50.7 Å². The molecule has 170 valence electrons. The summed E-state index contributed by atoms with van der Waals surface area (Å²) in [6, 6.07) is 0. The topological polar surface area (TPSA) is 0 Å². The lowest BCUT2D eigenvalue weighted by Crippen LogP contribution is -2.54. The molecule has 0 bridgehead atoms. The van der Waals surface area contributed by atoms with E-state index < -0.39 is 0 Å². The maximum atomic E-state index is 2.79. The molecule has 0 saturated heterocycles. The Kier molecular flexibility index (Phi) is 4.77. The minimum atomic E-state index is 0.530. The van der Waals surface area contributed by atoms with Gasteiger partial charge in [0.05, 0.1) is 0 Å². The molecule has 0 aromatic carbocycles. The molecule has 0 aromatic rings. The Hall–Kier alpha value is -0.260. The smallest absolute Gasteiger partial charge is 0.0146 e. The molecule has 0 nitrogen and oxygen atoms in total. The molecule has 5 rings (SSSR count). The first-order valence-electron chi connectivity index (χ1n) is 13.6. The highest BCUT2D eigenvalue weighted by molar-refractivity contribution is 5.24. The fraction of sp³-hybridized carbons (Fsp3) is 0.933. The molecule has 5 aliphatic carbocycles. The average Bonchev–Trinajstić information content (AvgIpc) is 2.77.